The maximum atomic E-state index is 12.5. The Bertz CT molecular complexity index is 1010. The maximum Gasteiger partial charge on any atom is 0.242 e. The van der Waals surface area contributed by atoms with Crippen LogP contribution in [0.3, 0.4) is 0 Å². The van der Waals surface area contributed by atoms with E-state index in [2.05, 4.69) is 27.8 Å². The molecule has 2 aromatic rings. The number of hydrogen-bond acceptors (Lipinski definition) is 3. The van der Waals surface area contributed by atoms with Crippen molar-refractivity contribution >= 4 is 44.8 Å². The lowest BCUT2D eigenvalue weighted by atomic mass is 9.93. The van der Waals surface area contributed by atoms with Gasteiger partial charge in [-0.25, -0.2) is 13.1 Å². The summed E-state index contributed by atoms with van der Waals surface area (Å²) in [7, 11) is -3.73. The van der Waals surface area contributed by atoms with Crippen molar-refractivity contribution in [1.29, 1.82) is 0 Å². The molecule has 1 atom stereocenters. The molecule has 0 fully saturated rings. The summed E-state index contributed by atoms with van der Waals surface area (Å²) < 4.78 is 27.7. The molecule has 28 heavy (non-hydrogen) atoms. The van der Waals surface area contributed by atoms with Crippen LogP contribution in [0.1, 0.15) is 35.6 Å². The van der Waals surface area contributed by atoms with E-state index in [-0.39, 0.29) is 20.0 Å². The number of nitrogens with zero attached hydrogens (tertiary/aromatic N) is 1. The molecule has 2 aromatic carbocycles. The molecule has 150 valence electrons. The van der Waals surface area contributed by atoms with E-state index in [1.807, 2.05) is 0 Å². The van der Waals surface area contributed by atoms with E-state index < -0.39 is 10.0 Å². The second-order valence-electron chi connectivity index (χ2n) is 7.28. The normalized spacial score (nSPS) is 19.0. The molecule has 0 saturated carbocycles. The number of halogens is 3. The average Bonchev–Trinajstić information content (AvgIpc) is 3.09. The van der Waals surface area contributed by atoms with Gasteiger partial charge in [0.1, 0.15) is 4.90 Å². The van der Waals surface area contributed by atoms with Gasteiger partial charge in [0.2, 0.25) is 10.0 Å². The van der Waals surface area contributed by atoms with Gasteiger partial charge < -0.3 is 0 Å². The summed E-state index contributed by atoms with van der Waals surface area (Å²) in [6.07, 6.45) is 4.07. The van der Waals surface area contributed by atoms with Gasteiger partial charge in [0.25, 0.3) is 0 Å². The first-order valence-electron chi connectivity index (χ1n) is 9.36. The van der Waals surface area contributed by atoms with Crippen molar-refractivity contribution in [2.75, 3.05) is 19.6 Å². The van der Waals surface area contributed by atoms with Crippen molar-refractivity contribution in [2.24, 2.45) is 0 Å². The molecule has 0 aromatic heterocycles. The zero-order valence-corrected chi connectivity index (χ0v) is 18.3. The van der Waals surface area contributed by atoms with Crippen molar-refractivity contribution in [2.45, 2.75) is 36.6 Å². The van der Waals surface area contributed by atoms with Crippen LogP contribution in [0, 0.1) is 0 Å². The molecule has 0 saturated heterocycles. The molecule has 0 amide bonds. The summed E-state index contributed by atoms with van der Waals surface area (Å²) >= 11 is 17.9. The molecule has 4 rings (SSSR count). The number of benzene rings is 2. The first kappa shape index (κ1) is 20.5. The predicted molar refractivity (Wildman–Crippen MR) is 114 cm³/mol. The second kappa shape index (κ2) is 8.13. The molecule has 1 aliphatic heterocycles. The van der Waals surface area contributed by atoms with Gasteiger partial charge in [0.15, 0.2) is 0 Å². The Kier molecular flexibility index (Phi) is 5.94. The van der Waals surface area contributed by atoms with Crippen LogP contribution < -0.4 is 4.72 Å². The lowest BCUT2D eigenvalue weighted by Crippen LogP contribution is -2.36. The van der Waals surface area contributed by atoms with Crippen molar-refractivity contribution in [1.82, 2.24) is 9.62 Å². The molecule has 2 aliphatic rings. The van der Waals surface area contributed by atoms with Gasteiger partial charge in [-0.15, -0.1) is 0 Å². The van der Waals surface area contributed by atoms with Crippen molar-refractivity contribution in [3.8, 4) is 0 Å². The summed E-state index contributed by atoms with van der Waals surface area (Å²) in [5.74, 6) is 0. The Morgan fingerprint density at radius 1 is 1.04 bits per heavy atom. The molecule has 0 bridgehead atoms. The third kappa shape index (κ3) is 3.93. The third-order valence-electron chi connectivity index (χ3n) is 5.59. The van der Waals surface area contributed by atoms with Crippen LogP contribution in [-0.2, 0) is 22.9 Å². The highest BCUT2D eigenvalue weighted by molar-refractivity contribution is 7.89. The van der Waals surface area contributed by atoms with Crippen molar-refractivity contribution in [3.63, 3.8) is 0 Å². The van der Waals surface area contributed by atoms with E-state index in [4.69, 9.17) is 34.8 Å². The van der Waals surface area contributed by atoms with Crippen LogP contribution in [0.25, 0.3) is 0 Å². The lowest BCUT2D eigenvalue weighted by Gasteiger charge is -2.35. The minimum Gasteiger partial charge on any atom is -0.296 e. The van der Waals surface area contributed by atoms with Gasteiger partial charge >= 0.3 is 0 Å². The Morgan fingerprint density at radius 2 is 1.75 bits per heavy atom. The number of rotatable bonds is 6. The fourth-order valence-corrected chi connectivity index (χ4v) is 6.37. The Balaban J connectivity index is 1.36. The van der Waals surface area contributed by atoms with Crippen LogP contribution in [0.5, 0.6) is 0 Å². The van der Waals surface area contributed by atoms with E-state index in [1.54, 1.807) is 0 Å². The summed E-state index contributed by atoms with van der Waals surface area (Å²) in [4.78, 5) is 2.44. The summed E-state index contributed by atoms with van der Waals surface area (Å²) in [6.45, 7) is 2.22. The largest absolute Gasteiger partial charge is 0.296 e. The number of hydrogen-bond donors (Lipinski definition) is 1. The molecule has 1 unspecified atom stereocenters. The minimum atomic E-state index is -3.73. The average molecular weight is 460 g/mol. The Hall–Kier alpha value is -0.820. The zero-order valence-electron chi connectivity index (χ0n) is 15.2. The van der Waals surface area contributed by atoms with Crippen molar-refractivity contribution < 1.29 is 8.42 Å². The van der Waals surface area contributed by atoms with Crippen LogP contribution in [0.2, 0.25) is 15.1 Å². The zero-order chi connectivity index (χ0) is 19.9. The molecule has 1 N–H and O–H groups in total. The highest BCUT2D eigenvalue weighted by atomic mass is 35.5. The fraction of sp³-hybridized carbons (Fsp3) is 0.400. The molecule has 1 aliphatic carbocycles. The standard InChI is InChI=1S/C20H21Cl3N2O2S/c21-15-11-17(23)19(12-16(15)22)28(26,27)24-8-2-9-25-10-7-14-4-1-3-13-5-6-18(25)20(13)14/h1,3-4,11-12,18,24H,2,5-10H2. The van der Waals surface area contributed by atoms with E-state index in [9.17, 15) is 8.42 Å². The lowest BCUT2D eigenvalue weighted by molar-refractivity contribution is 0.184. The van der Waals surface area contributed by atoms with E-state index >= 15 is 0 Å². The quantitative estimate of drug-likeness (QED) is 0.496. The van der Waals surface area contributed by atoms with Crippen LogP contribution in [0.15, 0.2) is 35.2 Å². The first-order valence-corrected chi connectivity index (χ1v) is 12.0. The predicted octanol–water partition coefficient (Wildman–Crippen LogP) is 4.86. The third-order valence-corrected chi connectivity index (χ3v) is 8.24. The Morgan fingerprint density at radius 3 is 2.54 bits per heavy atom. The molecular formula is C20H21Cl3N2O2S. The topological polar surface area (TPSA) is 49.4 Å². The Labute approximate surface area is 180 Å². The monoisotopic (exact) mass is 458 g/mol. The number of nitrogens with one attached hydrogen (secondary N) is 1. The molecule has 1 heterocycles. The van der Waals surface area contributed by atoms with Gasteiger partial charge in [-0.05, 0) is 54.5 Å². The van der Waals surface area contributed by atoms with Crippen molar-refractivity contribution in [3.05, 3.63) is 62.1 Å². The van der Waals surface area contributed by atoms with Gasteiger partial charge in [0.05, 0.1) is 15.1 Å². The van der Waals surface area contributed by atoms with Crippen LogP contribution in [-0.4, -0.2) is 33.0 Å². The van der Waals surface area contributed by atoms with E-state index in [0.717, 1.165) is 38.8 Å². The molecule has 0 spiro atoms. The van der Waals surface area contributed by atoms with Crippen LogP contribution in [0.4, 0.5) is 0 Å². The van der Waals surface area contributed by atoms with Crippen LogP contribution >= 0.6 is 34.8 Å². The molecular weight excluding hydrogens is 439 g/mol. The minimum absolute atomic E-state index is 0.0455. The van der Waals surface area contributed by atoms with Gasteiger partial charge in [-0.3, -0.25) is 4.90 Å². The highest BCUT2D eigenvalue weighted by Gasteiger charge is 2.32. The van der Waals surface area contributed by atoms with Gasteiger partial charge in [-0.2, -0.15) is 0 Å². The maximum absolute atomic E-state index is 12.5. The SMILES string of the molecule is O=S(=O)(NCCCN1CCc2cccc3c2C1CC3)c1cc(Cl)c(Cl)cc1Cl. The smallest absolute Gasteiger partial charge is 0.242 e. The summed E-state index contributed by atoms with van der Waals surface area (Å²) in [5, 5.41) is 0.454. The van der Waals surface area contributed by atoms with E-state index in [1.165, 1.54) is 28.8 Å². The summed E-state index contributed by atoms with van der Waals surface area (Å²) in [5.41, 5.74) is 4.46. The number of aryl methyl sites for hydroxylation is 1. The fourth-order valence-electron chi connectivity index (χ4n) is 4.30. The van der Waals surface area contributed by atoms with E-state index in [0.29, 0.717) is 12.6 Å². The highest BCUT2D eigenvalue weighted by Crippen LogP contribution is 2.41. The van der Waals surface area contributed by atoms with Gasteiger partial charge in [-0.1, -0.05) is 53.0 Å². The summed E-state index contributed by atoms with van der Waals surface area (Å²) in [6, 6.07) is 9.75. The first-order chi connectivity index (χ1) is 13.4. The number of sulfonamides is 1. The molecule has 4 nitrogen and oxygen atoms in total. The van der Waals surface area contributed by atoms with Gasteiger partial charge in [0, 0.05) is 25.7 Å². The second-order valence-corrected chi connectivity index (χ2v) is 10.2. The molecule has 8 heteroatoms. The molecule has 0 radical (unpaired) electrons.